The first-order valence-corrected chi connectivity index (χ1v) is 10.3. The lowest BCUT2D eigenvalue weighted by atomic mass is 10.1. The van der Waals surface area contributed by atoms with Gasteiger partial charge in [-0.15, -0.1) is 0 Å². The fourth-order valence-corrected chi connectivity index (χ4v) is 3.48. The smallest absolute Gasteiger partial charge is 0.339 e. The maximum Gasteiger partial charge on any atom is 0.339 e. The molecule has 148 valence electrons. The molecule has 6 nitrogen and oxygen atoms in total. The summed E-state index contributed by atoms with van der Waals surface area (Å²) < 4.78 is 30.3. The van der Waals surface area contributed by atoms with Crippen LogP contribution in [0, 0.1) is 6.92 Å². The van der Waals surface area contributed by atoms with Gasteiger partial charge in [-0.1, -0.05) is 60.2 Å². The highest BCUT2D eigenvalue weighted by molar-refractivity contribution is 7.87. The van der Waals surface area contributed by atoms with Crippen molar-refractivity contribution in [2.75, 3.05) is 0 Å². The molecule has 1 N–H and O–H groups in total. The molecular weight excluding hydrogens is 388 g/mol. The van der Waals surface area contributed by atoms with Crippen molar-refractivity contribution in [1.82, 2.24) is 5.43 Å². The third kappa shape index (κ3) is 5.76. The van der Waals surface area contributed by atoms with Gasteiger partial charge in [-0.3, -0.25) is 4.79 Å². The van der Waals surface area contributed by atoms with E-state index in [1.807, 2.05) is 37.3 Å². The molecule has 29 heavy (non-hydrogen) atoms. The van der Waals surface area contributed by atoms with E-state index in [4.69, 9.17) is 4.18 Å². The van der Waals surface area contributed by atoms with Crippen molar-refractivity contribution in [3.63, 3.8) is 0 Å². The van der Waals surface area contributed by atoms with Crippen LogP contribution in [0.4, 0.5) is 0 Å². The van der Waals surface area contributed by atoms with Crippen LogP contribution >= 0.6 is 0 Å². The van der Waals surface area contributed by atoms with Crippen molar-refractivity contribution in [2.45, 2.75) is 18.2 Å². The molecule has 1 amide bonds. The molecule has 3 rings (SSSR count). The number of para-hydroxylation sites is 1. The molecule has 0 unspecified atom stereocenters. The van der Waals surface area contributed by atoms with Crippen molar-refractivity contribution in [1.29, 1.82) is 0 Å². The minimum absolute atomic E-state index is 0.0611. The summed E-state index contributed by atoms with van der Waals surface area (Å²) in [6, 6.07) is 22.2. The van der Waals surface area contributed by atoms with E-state index in [-0.39, 0.29) is 23.0 Å². The summed E-state index contributed by atoms with van der Waals surface area (Å²) in [7, 11) is -3.98. The van der Waals surface area contributed by atoms with Crippen LogP contribution < -0.4 is 9.61 Å². The van der Waals surface area contributed by atoms with Crippen LogP contribution in [0.3, 0.4) is 0 Å². The Morgan fingerprint density at radius 2 is 1.62 bits per heavy atom. The monoisotopic (exact) mass is 408 g/mol. The van der Waals surface area contributed by atoms with Gasteiger partial charge in [-0.05, 0) is 36.8 Å². The molecule has 7 heteroatoms. The van der Waals surface area contributed by atoms with E-state index in [1.165, 1.54) is 24.4 Å². The lowest BCUT2D eigenvalue weighted by Gasteiger charge is -2.09. The third-order valence-corrected chi connectivity index (χ3v) is 5.28. The van der Waals surface area contributed by atoms with Crippen LogP contribution in [0.2, 0.25) is 0 Å². The molecule has 0 atom stereocenters. The summed E-state index contributed by atoms with van der Waals surface area (Å²) in [5.41, 5.74) is 4.67. The molecule has 3 aromatic rings. The van der Waals surface area contributed by atoms with Crippen LogP contribution in [0.1, 0.15) is 16.7 Å². The van der Waals surface area contributed by atoms with Gasteiger partial charge in [-0.25, -0.2) is 5.43 Å². The zero-order valence-electron chi connectivity index (χ0n) is 15.8. The summed E-state index contributed by atoms with van der Waals surface area (Å²) >= 11 is 0. The lowest BCUT2D eigenvalue weighted by molar-refractivity contribution is -0.120. The predicted octanol–water partition coefficient (Wildman–Crippen LogP) is 3.46. The Morgan fingerprint density at radius 1 is 0.966 bits per heavy atom. The Balaban J connectivity index is 1.69. The van der Waals surface area contributed by atoms with Crippen molar-refractivity contribution in [2.24, 2.45) is 5.10 Å². The molecule has 0 aliphatic rings. The largest absolute Gasteiger partial charge is 0.378 e. The summed E-state index contributed by atoms with van der Waals surface area (Å²) in [6.07, 6.45) is 1.54. The second kappa shape index (κ2) is 9.16. The average Bonchev–Trinajstić information content (AvgIpc) is 2.70. The van der Waals surface area contributed by atoms with Gasteiger partial charge in [0.25, 0.3) is 0 Å². The number of rotatable bonds is 7. The number of nitrogens with zero attached hydrogens (tertiary/aromatic N) is 1. The number of aryl methyl sites for hydroxylation is 1. The normalized spacial score (nSPS) is 11.3. The SMILES string of the molecule is Cc1ccc(S(=O)(=O)Oc2ccccc2/C=N/NC(=O)Cc2ccccc2)cc1. The second-order valence-electron chi connectivity index (χ2n) is 6.34. The highest BCUT2D eigenvalue weighted by atomic mass is 32.2. The Morgan fingerprint density at radius 3 is 2.34 bits per heavy atom. The molecule has 0 aliphatic heterocycles. The van der Waals surface area contributed by atoms with Crippen molar-refractivity contribution >= 4 is 22.2 Å². The van der Waals surface area contributed by atoms with Gasteiger partial charge in [0.2, 0.25) is 5.91 Å². The predicted molar refractivity (Wildman–Crippen MR) is 111 cm³/mol. The molecule has 3 aromatic carbocycles. The molecule has 0 radical (unpaired) electrons. The van der Waals surface area contributed by atoms with Gasteiger partial charge in [0.1, 0.15) is 4.90 Å². The highest BCUT2D eigenvalue weighted by Gasteiger charge is 2.17. The van der Waals surface area contributed by atoms with Crippen molar-refractivity contribution < 1.29 is 17.4 Å². The molecule has 0 saturated carbocycles. The van der Waals surface area contributed by atoms with E-state index in [9.17, 15) is 13.2 Å². The van der Waals surface area contributed by atoms with Crippen LogP contribution in [0.5, 0.6) is 5.75 Å². The first-order valence-electron chi connectivity index (χ1n) is 8.90. The Hall–Kier alpha value is -3.45. The van der Waals surface area contributed by atoms with Crippen LogP contribution in [-0.4, -0.2) is 20.5 Å². The minimum atomic E-state index is -3.98. The van der Waals surface area contributed by atoms with Gasteiger partial charge in [0, 0.05) is 5.56 Å². The number of hydrogen-bond acceptors (Lipinski definition) is 5. The average molecular weight is 408 g/mol. The van der Waals surface area contributed by atoms with Gasteiger partial charge in [0.05, 0.1) is 12.6 Å². The first-order chi connectivity index (χ1) is 13.9. The molecule has 0 aromatic heterocycles. The Kier molecular flexibility index (Phi) is 6.41. The zero-order valence-corrected chi connectivity index (χ0v) is 16.6. The van der Waals surface area contributed by atoms with E-state index in [0.717, 1.165) is 11.1 Å². The number of nitrogens with one attached hydrogen (secondary N) is 1. The standard InChI is InChI=1S/C22H20N2O4S/c1-17-11-13-20(14-12-17)29(26,27)28-21-10-6-5-9-19(21)16-23-24-22(25)15-18-7-3-2-4-8-18/h2-14,16H,15H2,1H3,(H,24,25)/b23-16+. The first kappa shape index (κ1) is 20.3. The van der Waals surface area contributed by atoms with Gasteiger partial charge in [0.15, 0.2) is 5.75 Å². The Bertz CT molecular complexity index is 1110. The third-order valence-electron chi connectivity index (χ3n) is 4.03. The number of amides is 1. The quantitative estimate of drug-likeness (QED) is 0.369. The van der Waals surface area contributed by atoms with Crippen LogP contribution in [0.15, 0.2) is 88.9 Å². The van der Waals surface area contributed by atoms with Crippen molar-refractivity contribution in [3.8, 4) is 5.75 Å². The molecule has 0 spiro atoms. The summed E-state index contributed by atoms with van der Waals surface area (Å²) in [5.74, 6) is -0.160. The fourth-order valence-electron chi connectivity index (χ4n) is 2.53. The summed E-state index contributed by atoms with van der Waals surface area (Å²) in [5, 5.41) is 3.91. The van der Waals surface area contributed by atoms with Crippen LogP contribution in [0.25, 0.3) is 0 Å². The van der Waals surface area contributed by atoms with Gasteiger partial charge >= 0.3 is 10.1 Å². The van der Waals surface area contributed by atoms with E-state index < -0.39 is 10.1 Å². The van der Waals surface area contributed by atoms with E-state index in [1.54, 1.807) is 30.3 Å². The summed E-state index contributed by atoms with van der Waals surface area (Å²) in [4.78, 5) is 12.0. The molecular formula is C22H20N2O4S. The number of carbonyl (C=O) groups excluding carboxylic acids is 1. The number of hydrazone groups is 1. The number of hydrogen-bond donors (Lipinski definition) is 1. The zero-order chi connectivity index (χ0) is 20.7. The maximum absolute atomic E-state index is 12.5. The van der Waals surface area contributed by atoms with Crippen LogP contribution in [-0.2, 0) is 21.3 Å². The topological polar surface area (TPSA) is 84.8 Å². The van der Waals surface area contributed by atoms with Gasteiger partial charge in [-0.2, -0.15) is 13.5 Å². The highest BCUT2D eigenvalue weighted by Crippen LogP contribution is 2.22. The molecule has 0 aliphatic carbocycles. The lowest BCUT2D eigenvalue weighted by Crippen LogP contribution is -2.19. The number of carbonyl (C=O) groups is 1. The minimum Gasteiger partial charge on any atom is -0.378 e. The van der Waals surface area contributed by atoms with E-state index >= 15 is 0 Å². The van der Waals surface area contributed by atoms with Gasteiger partial charge < -0.3 is 4.18 Å². The summed E-state index contributed by atoms with van der Waals surface area (Å²) in [6.45, 7) is 1.87. The fraction of sp³-hybridized carbons (Fsp3) is 0.0909. The molecule has 0 heterocycles. The van der Waals surface area contributed by atoms with E-state index in [2.05, 4.69) is 10.5 Å². The van der Waals surface area contributed by atoms with E-state index in [0.29, 0.717) is 5.56 Å². The second-order valence-corrected chi connectivity index (χ2v) is 7.89. The molecule has 0 fully saturated rings. The number of benzene rings is 3. The Labute approximate surface area is 170 Å². The van der Waals surface area contributed by atoms with Crippen molar-refractivity contribution in [3.05, 3.63) is 95.6 Å². The molecule has 0 saturated heterocycles. The maximum atomic E-state index is 12.5. The molecule has 0 bridgehead atoms.